The zero-order valence-electron chi connectivity index (χ0n) is 10.4. The zero-order valence-corrected chi connectivity index (χ0v) is 10.4. The van der Waals surface area contributed by atoms with Gasteiger partial charge in [-0.15, -0.1) is 0 Å². The van der Waals surface area contributed by atoms with Crippen LogP contribution in [0.4, 0.5) is 0 Å². The number of aromatic nitrogens is 2. The molecule has 1 aliphatic rings. The molecule has 4 nitrogen and oxygen atoms in total. The number of carbonyl (C=O) groups excluding carboxylic acids is 1. The molecule has 0 bridgehead atoms. The van der Waals surface area contributed by atoms with Crippen LogP contribution in [0, 0.1) is 0 Å². The largest absolute Gasteiger partial charge is 0.465 e. The van der Waals surface area contributed by atoms with E-state index in [9.17, 15) is 4.79 Å². The molecular formula is C14H16N2O2. The number of fused-ring (bicyclic) bond motifs is 1. The van der Waals surface area contributed by atoms with Gasteiger partial charge in [0.1, 0.15) is 5.82 Å². The molecule has 18 heavy (non-hydrogen) atoms. The molecule has 4 heteroatoms. The highest BCUT2D eigenvalue weighted by molar-refractivity contribution is 5.89. The number of nitrogens with zero attached hydrogens (tertiary/aromatic N) is 2. The Hall–Kier alpha value is -1.84. The summed E-state index contributed by atoms with van der Waals surface area (Å²) in [6.07, 6.45) is 8.65. The van der Waals surface area contributed by atoms with Crippen LogP contribution in [0.5, 0.6) is 0 Å². The Bertz CT molecular complexity index is 582. The van der Waals surface area contributed by atoms with Crippen LogP contribution in [0.1, 0.15) is 47.8 Å². The Labute approximate surface area is 106 Å². The Morgan fingerprint density at radius 1 is 1.39 bits per heavy atom. The molecule has 0 N–H and O–H groups in total. The minimum absolute atomic E-state index is 0.303. The van der Waals surface area contributed by atoms with Gasteiger partial charge in [-0.25, -0.2) is 9.78 Å². The van der Waals surface area contributed by atoms with Crippen LogP contribution in [0.2, 0.25) is 0 Å². The lowest BCUT2D eigenvalue weighted by Gasteiger charge is -2.08. The number of methoxy groups -OCH3 is 1. The molecule has 0 radical (unpaired) electrons. The van der Waals surface area contributed by atoms with Crippen LogP contribution in [0.3, 0.4) is 0 Å². The third kappa shape index (κ3) is 1.78. The second-order valence-corrected chi connectivity index (χ2v) is 4.80. The normalized spacial score (nSPS) is 16.3. The minimum Gasteiger partial charge on any atom is -0.465 e. The fraction of sp³-hybridized carbons (Fsp3) is 0.429. The van der Waals surface area contributed by atoms with Gasteiger partial charge in [0.2, 0.25) is 0 Å². The second kappa shape index (κ2) is 4.44. The first-order chi connectivity index (χ1) is 8.79. The van der Waals surface area contributed by atoms with Crippen LogP contribution in [0.25, 0.3) is 5.52 Å². The number of imidazole rings is 1. The fourth-order valence-corrected chi connectivity index (χ4v) is 2.73. The Balaban J connectivity index is 2.07. The average molecular weight is 244 g/mol. The number of rotatable bonds is 2. The molecule has 0 saturated heterocycles. The van der Waals surface area contributed by atoms with Crippen molar-refractivity contribution in [2.75, 3.05) is 7.11 Å². The third-order valence-electron chi connectivity index (χ3n) is 3.70. The summed E-state index contributed by atoms with van der Waals surface area (Å²) in [5, 5.41) is 0. The lowest BCUT2D eigenvalue weighted by atomic mass is 10.1. The molecule has 0 aliphatic heterocycles. The van der Waals surface area contributed by atoms with E-state index in [4.69, 9.17) is 4.74 Å². The maximum Gasteiger partial charge on any atom is 0.339 e. The van der Waals surface area contributed by atoms with E-state index >= 15 is 0 Å². The van der Waals surface area contributed by atoms with E-state index in [-0.39, 0.29) is 5.97 Å². The first-order valence-electron chi connectivity index (χ1n) is 6.35. The van der Waals surface area contributed by atoms with E-state index in [0.717, 1.165) is 11.3 Å². The number of hydrogen-bond acceptors (Lipinski definition) is 3. The molecule has 94 valence electrons. The van der Waals surface area contributed by atoms with Crippen molar-refractivity contribution in [1.82, 2.24) is 9.38 Å². The maximum atomic E-state index is 11.6. The van der Waals surface area contributed by atoms with Crippen molar-refractivity contribution in [3.05, 3.63) is 35.9 Å². The van der Waals surface area contributed by atoms with Gasteiger partial charge in [-0.2, -0.15) is 0 Å². The molecule has 0 spiro atoms. The SMILES string of the molecule is COC(=O)c1ccc2cnc(C3CCCC3)n2c1. The molecule has 0 atom stereocenters. The molecule has 2 aromatic rings. The highest BCUT2D eigenvalue weighted by Crippen LogP contribution is 2.33. The summed E-state index contributed by atoms with van der Waals surface area (Å²) in [6, 6.07) is 3.69. The van der Waals surface area contributed by atoms with Gasteiger partial charge in [0.25, 0.3) is 0 Å². The van der Waals surface area contributed by atoms with E-state index in [1.165, 1.54) is 32.8 Å². The van der Waals surface area contributed by atoms with Crippen molar-refractivity contribution >= 4 is 11.5 Å². The highest BCUT2D eigenvalue weighted by Gasteiger charge is 2.21. The first-order valence-corrected chi connectivity index (χ1v) is 6.35. The number of esters is 1. The summed E-state index contributed by atoms with van der Waals surface area (Å²) < 4.78 is 6.78. The predicted octanol–water partition coefficient (Wildman–Crippen LogP) is 2.78. The van der Waals surface area contributed by atoms with Gasteiger partial charge in [0, 0.05) is 12.1 Å². The number of hydrogen-bond donors (Lipinski definition) is 0. The molecular weight excluding hydrogens is 228 g/mol. The molecule has 1 saturated carbocycles. The molecule has 0 amide bonds. The second-order valence-electron chi connectivity index (χ2n) is 4.80. The summed E-state index contributed by atoms with van der Waals surface area (Å²) >= 11 is 0. The zero-order chi connectivity index (χ0) is 12.5. The van der Waals surface area contributed by atoms with Crippen molar-refractivity contribution < 1.29 is 9.53 Å². The van der Waals surface area contributed by atoms with Gasteiger partial charge >= 0.3 is 5.97 Å². The maximum absolute atomic E-state index is 11.6. The number of pyridine rings is 1. The van der Waals surface area contributed by atoms with Crippen molar-refractivity contribution in [2.45, 2.75) is 31.6 Å². The van der Waals surface area contributed by atoms with Gasteiger partial charge in [0.15, 0.2) is 0 Å². The van der Waals surface area contributed by atoms with Gasteiger partial charge in [0.05, 0.1) is 24.4 Å². The third-order valence-corrected chi connectivity index (χ3v) is 3.70. The van der Waals surface area contributed by atoms with Gasteiger partial charge in [-0.1, -0.05) is 12.8 Å². The minimum atomic E-state index is -0.303. The summed E-state index contributed by atoms with van der Waals surface area (Å²) in [5.41, 5.74) is 1.60. The quantitative estimate of drug-likeness (QED) is 0.763. The van der Waals surface area contributed by atoms with Gasteiger partial charge in [-0.05, 0) is 25.0 Å². The van der Waals surface area contributed by atoms with Crippen molar-refractivity contribution in [3.63, 3.8) is 0 Å². The lowest BCUT2D eigenvalue weighted by molar-refractivity contribution is 0.0600. The molecule has 2 aromatic heterocycles. The van der Waals surface area contributed by atoms with Crippen molar-refractivity contribution in [1.29, 1.82) is 0 Å². The predicted molar refractivity (Wildman–Crippen MR) is 67.7 cm³/mol. The van der Waals surface area contributed by atoms with Crippen LogP contribution >= 0.6 is 0 Å². The van der Waals surface area contributed by atoms with E-state index in [1.807, 2.05) is 22.9 Å². The molecule has 3 rings (SSSR count). The fourth-order valence-electron chi connectivity index (χ4n) is 2.73. The molecule has 2 heterocycles. The smallest absolute Gasteiger partial charge is 0.339 e. The Morgan fingerprint density at radius 2 is 2.17 bits per heavy atom. The van der Waals surface area contributed by atoms with Crippen LogP contribution in [-0.4, -0.2) is 22.5 Å². The van der Waals surface area contributed by atoms with Crippen molar-refractivity contribution in [3.8, 4) is 0 Å². The summed E-state index contributed by atoms with van der Waals surface area (Å²) in [4.78, 5) is 16.1. The lowest BCUT2D eigenvalue weighted by Crippen LogP contribution is -2.05. The number of ether oxygens (including phenoxy) is 1. The van der Waals surface area contributed by atoms with Gasteiger partial charge < -0.3 is 9.14 Å². The average Bonchev–Trinajstić information content (AvgIpc) is 3.05. The Morgan fingerprint density at radius 3 is 2.89 bits per heavy atom. The Kier molecular flexibility index (Phi) is 2.78. The van der Waals surface area contributed by atoms with E-state index in [1.54, 1.807) is 6.07 Å². The highest BCUT2D eigenvalue weighted by atomic mass is 16.5. The van der Waals surface area contributed by atoms with Crippen LogP contribution < -0.4 is 0 Å². The number of carbonyl (C=O) groups is 1. The molecule has 1 aliphatic carbocycles. The summed E-state index contributed by atoms with van der Waals surface area (Å²) in [6.45, 7) is 0. The standard InChI is InChI=1S/C14H16N2O2/c1-18-14(17)11-6-7-12-8-15-13(16(12)9-11)10-4-2-3-5-10/h6-10H,2-5H2,1H3. The van der Waals surface area contributed by atoms with E-state index in [2.05, 4.69) is 4.98 Å². The monoisotopic (exact) mass is 244 g/mol. The van der Waals surface area contributed by atoms with E-state index < -0.39 is 0 Å². The molecule has 1 fully saturated rings. The van der Waals surface area contributed by atoms with E-state index in [0.29, 0.717) is 11.5 Å². The van der Waals surface area contributed by atoms with Crippen LogP contribution in [-0.2, 0) is 4.74 Å². The van der Waals surface area contributed by atoms with Crippen LogP contribution in [0.15, 0.2) is 24.5 Å². The topological polar surface area (TPSA) is 43.6 Å². The summed E-state index contributed by atoms with van der Waals surface area (Å²) in [5.74, 6) is 1.30. The van der Waals surface area contributed by atoms with Gasteiger partial charge in [-0.3, -0.25) is 0 Å². The van der Waals surface area contributed by atoms with Crippen molar-refractivity contribution in [2.24, 2.45) is 0 Å². The molecule has 0 unspecified atom stereocenters. The first kappa shape index (κ1) is 11.3. The molecule has 0 aromatic carbocycles. The summed E-state index contributed by atoms with van der Waals surface area (Å²) in [7, 11) is 1.40.